The molecule has 1 aliphatic rings. The van der Waals surface area contributed by atoms with Crippen LogP contribution >= 0.6 is 11.6 Å². The highest BCUT2D eigenvalue weighted by molar-refractivity contribution is 6.30. The molecule has 5 nitrogen and oxygen atoms in total. The molecule has 0 fully saturated rings. The Hall–Kier alpha value is -1.80. The molecule has 18 heavy (non-hydrogen) atoms. The van der Waals surface area contributed by atoms with E-state index in [1.165, 1.54) is 6.20 Å². The fourth-order valence-corrected chi connectivity index (χ4v) is 2.67. The highest BCUT2D eigenvalue weighted by Gasteiger charge is 2.28. The normalized spacial score (nSPS) is 14.3. The maximum Gasteiger partial charge on any atom is 0.176 e. The molecule has 0 spiro atoms. The van der Waals surface area contributed by atoms with Crippen molar-refractivity contribution < 1.29 is 0 Å². The van der Waals surface area contributed by atoms with Gasteiger partial charge in [0.2, 0.25) is 0 Å². The summed E-state index contributed by atoms with van der Waals surface area (Å²) < 4.78 is 1.73. The Morgan fingerprint density at radius 2 is 2.28 bits per heavy atom. The van der Waals surface area contributed by atoms with E-state index in [9.17, 15) is 0 Å². The lowest BCUT2D eigenvalue weighted by Gasteiger charge is -2.24. The number of rotatable bonds is 1. The van der Waals surface area contributed by atoms with Crippen molar-refractivity contribution >= 4 is 23.1 Å². The maximum atomic E-state index is 9.04. The van der Waals surface area contributed by atoms with Crippen LogP contribution in [0.4, 0.5) is 5.82 Å². The number of fused-ring (bicyclic) bond motifs is 3. The van der Waals surface area contributed by atoms with Gasteiger partial charge in [0.15, 0.2) is 5.65 Å². The fraction of sp³-hybridized carbons (Fsp3) is 0.417. The van der Waals surface area contributed by atoms with Gasteiger partial charge < -0.3 is 4.90 Å². The van der Waals surface area contributed by atoms with Gasteiger partial charge >= 0.3 is 0 Å². The molecule has 3 rings (SSSR count). The van der Waals surface area contributed by atoms with Crippen LogP contribution in [0.15, 0.2) is 6.20 Å². The van der Waals surface area contributed by atoms with Gasteiger partial charge in [0.1, 0.15) is 22.6 Å². The van der Waals surface area contributed by atoms with Gasteiger partial charge in [-0.3, -0.25) is 0 Å². The van der Waals surface area contributed by atoms with Gasteiger partial charge in [0, 0.05) is 18.2 Å². The van der Waals surface area contributed by atoms with E-state index in [1.54, 1.807) is 4.52 Å². The molecule has 0 unspecified atom stereocenters. The number of nitrogens with zero attached hydrogens (tertiary/aromatic N) is 5. The molecule has 0 N–H and O–H groups in total. The van der Waals surface area contributed by atoms with Crippen LogP contribution in [0.3, 0.4) is 0 Å². The number of hydrogen-bond acceptors (Lipinski definition) is 4. The molecular weight excluding hydrogens is 250 g/mol. The van der Waals surface area contributed by atoms with Gasteiger partial charge in [0.05, 0.1) is 6.20 Å². The summed E-state index contributed by atoms with van der Waals surface area (Å²) in [5.74, 6) is 0.974. The lowest BCUT2D eigenvalue weighted by molar-refractivity contribution is 0.691. The summed E-state index contributed by atoms with van der Waals surface area (Å²) in [6, 6.07) is 2.45. The van der Waals surface area contributed by atoms with Crippen LogP contribution in [0.5, 0.6) is 0 Å². The van der Waals surface area contributed by atoms with Crippen LogP contribution in [0.1, 0.15) is 25.0 Å². The summed E-state index contributed by atoms with van der Waals surface area (Å²) in [6.07, 6.45) is 2.41. The van der Waals surface area contributed by atoms with Crippen molar-refractivity contribution in [1.29, 1.82) is 5.26 Å². The van der Waals surface area contributed by atoms with Crippen molar-refractivity contribution in [3.8, 4) is 6.07 Å². The summed E-state index contributed by atoms with van der Waals surface area (Å²) in [6.45, 7) is 5.17. The first-order valence-electron chi connectivity index (χ1n) is 5.86. The van der Waals surface area contributed by atoms with E-state index in [-0.39, 0.29) is 0 Å². The molecule has 2 aromatic heterocycles. The van der Waals surface area contributed by atoms with Crippen LogP contribution in [-0.2, 0) is 6.42 Å². The van der Waals surface area contributed by atoms with E-state index < -0.39 is 0 Å². The van der Waals surface area contributed by atoms with E-state index in [2.05, 4.69) is 34.9 Å². The summed E-state index contributed by atoms with van der Waals surface area (Å²) >= 11 is 6.22. The Balaban J connectivity index is 2.35. The molecule has 0 atom stereocenters. The topological polar surface area (TPSA) is 57.2 Å². The van der Waals surface area contributed by atoms with Gasteiger partial charge in [-0.05, 0) is 20.3 Å². The van der Waals surface area contributed by atoms with E-state index in [0.29, 0.717) is 22.4 Å². The van der Waals surface area contributed by atoms with Crippen LogP contribution in [0.2, 0.25) is 5.15 Å². The minimum Gasteiger partial charge on any atom is -0.353 e. The summed E-state index contributed by atoms with van der Waals surface area (Å²) in [5, 5.41) is 13.8. The molecular formula is C12H12ClN5. The fourth-order valence-electron chi connectivity index (χ4n) is 2.41. The van der Waals surface area contributed by atoms with Crippen LogP contribution in [-0.4, -0.2) is 27.2 Å². The second-order valence-corrected chi connectivity index (χ2v) is 5.01. The summed E-state index contributed by atoms with van der Waals surface area (Å²) in [5.41, 5.74) is 2.01. The Morgan fingerprint density at radius 1 is 1.50 bits per heavy atom. The third-order valence-corrected chi connectivity index (χ3v) is 3.60. The lowest BCUT2D eigenvalue weighted by atomic mass is 10.2. The van der Waals surface area contributed by atoms with Crippen molar-refractivity contribution in [2.45, 2.75) is 26.3 Å². The second kappa shape index (κ2) is 3.85. The van der Waals surface area contributed by atoms with Crippen molar-refractivity contribution in [1.82, 2.24) is 14.6 Å². The average molecular weight is 262 g/mol. The zero-order valence-corrected chi connectivity index (χ0v) is 10.9. The molecule has 0 bridgehead atoms. The Bertz CT molecular complexity index is 667. The minimum absolute atomic E-state index is 0.364. The van der Waals surface area contributed by atoms with Crippen molar-refractivity contribution in [3.05, 3.63) is 22.5 Å². The average Bonchev–Trinajstić information content (AvgIpc) is 2.91. The predicted molar refractivity (Wildman–Crippen MR) is 68.9 cm³/mol. The Kier molecular flexibility index (Phi) is 2.42. The highest BCUT2D eigenvalue weighted by atomic mass is 35.5. The summed E-state index contributed by atoms with van der Waals surface area (Å²) in [4.78, 5) is 6.53. The monoisotopic (exact) mass is 261 g/mol. The molecule has 3 heterocycles. The standard InChI is InChI=1S/C12H12ClN5/c1-7(2)17-4-3-9-10(13)16-11-8(5-14)6-15-18(11)12(9)17/h6-7H,3-4H2,1-2H3. The molecule has 0 saturated heterocycles. The molecule has 0 amide bonds. The number of aromatic nitrogens is 3. The third-order valence-electron chi connectivity index (χ3n) is 3.29. The largest absolute Gasteiger partial charge is 0.353 e. The molecule has 0 radical (unpaired) electrons. The quantitative estimate of drug-likeness (QED) is 0.737. The molecule has 92 valence electrons. The van der Waals surface area contributed by atoms with E-state index in [1.807, 2.05) is 0 Å². The number of nitriles is 1. The molecule has 0 aliphatic carbocycles. The van der Waals surface area contributed by atoms with E-state index in [0.717, 1.165) is 24.3 Å². The first-order chi connectivity index (χ1) is 8.63. The van der Waals surface area contributed by atoms with E-state index in [4.69, 9.17) is 16.9 Å². The van der Waals surface area contributed by atoms with Gasteiger partial charge in [-0.1, -0.05) is 11.6 Å². The third kappa shape index (κ3) is 1.39. The molecule has 2 aromatic rings. The number of halogens is 1. The summed E-state index contributed by atoms with van der Waals surface area (Å²) in [7, 11) is 0. The van der Waals surface area contributed by atoms with Crippen molar-refractivity contribution in [3.63, 3.8) is 0 Å². The smallest absolute Gasteiger partial charge is 0.176 e. The number of anilines is 1. The SMILES string of the molecule is CC(C)N1CCc2c(Cl)nc3c(C#N)cnn3c21. The molecule has 0 saturated carbocycles. The lowest BCUT2D eigenvalue weighted by Crippen LogP contribution is -2.30. The van der Waals surface area contributed by atoms with Gasteiger partial charge in [-0.2, -0.15) is 14.9 Å². The van der Waals surface area contributed by atoms with Gasteiger partial charge in [0.25, 0.3) is 0 Å². The van der Waals surface area contributed by atoms with Crippen LogP contribution in [0.25, 0.3) is 5.65 Å². The first-order valence-corrected chi connectivity index (χ1v) is 6.24. The molecule has 6 heteroatoms. The van der Waals surface area contributed by atoms with Crippen molar-refractivity contribution in [2.75, 3.05) is 11.4 Å². The zero-order chi connectivity index (χ0) is 12.9. The maximum absolute atomic E-state index is 9.04. The van der Waals surface area contributed by atoms with Crippen LogP contribution < -0.4 is 4.90 Å². The number of hydrogen-bond donors (Lipinski definition) is 0. The van der Waals surface area contributed by atoms with Crippen molar-refractivity contribution in [2.24, 2.45) is 0 Å². The highest BCUT2D eigenvalue weighted by Crippen LogP contribution is 2.34. The Morgan fingerprint density at radius 3 is 2.94 bits per heavy atom. The predicted octanol–water partition coefficient (Wildman–Crippen LogP) is 2.03. The first kappa shape index (κ1) is 11.3. The molecule has 0 aromatic carbocycles. The van der Waals surface area contributed by atoms with Gasteiger partial charge in [-0.25, -0.2) is 4.98 Å². The Labute approximate surface area is 110 Å². The molecule has 1 aliphatic heterocycles. The van der Waals surface area contributed by atoms with Gasteiger partial charge in [-0.15, -0.1) is 0 Å². The second-order valence-electron chi connectivity index (χ2n) is 4.65. The zero-order valence-electron chi connectivity index (χ0n) is 10.2. The minimum atomic E-state index is 0.364. The van der Waals surface area contributed by atoms with Crippen LogP contribution in [0, 0.1) is 11.3 Å². The van der Waals surface area contributed by atoms with E-state index >= 15 is 0 Å².